The molecule has 0 saturated carbocycles. The first-order chi connectivity index (χ1) is 18.9. The number of hydrogen-bond donors (Lipinski definition) is 1. The van der Waals surface area contributed by atoms with Crippen molar-refractivity contribution in [2.75, 3.05) is 62.6 Å². The van der Waals surface area contributed by atoms with Gasteiger partial charge in [-0.25, -0.2) is 0 Å². The minimum absolute atomic E-state index is 0.00627. The van der Waals surface area contributed by atoms with Crippen LogP contribution in [0.1, 0.15) is 33.1 Å². The van der Waals surface area contributed by atoms with Gasteiger partial charge in [0.1, 0.15) is 11.8 Å². The minimum Gasteiger partial charge on any atom is -0.494 e. The zero-order valence-corrected chi connectivity index (χ0v) is 24.3. The van der Waals surface area contributed by atoms with Crippen molar-refractivity contribution in [3.8, 4) is 5.75 Å². The number of benzene rings is 2. The summed E-state index contributed by atoms with van der Waals surface area (Å²) in [6, 6.07) is 13.6. The number of rotatable bonds is 12. The third-order valence-corrected chi connectivity index (χ3v) is 7.85. The molecule has 0 spiro atoms. The minimum atomic E-state index is -0.669. The van der Waals surface area contributed by atoms with Crippen LogP contribution in [-0.2, 0) is 9.59 Å². The molecule has 1 atom stereocenters. The lowest BCUT2D eigenvalue weighted by molar-refractivity contribution is -0.124. The highest BCUT2D eigenvalue weighted by atomic mass is 35.5. The lowest BCUT2D eigenvalue weighted by atomic mass is 10.1. The summed E-state index contributed by atoms with van der Waals surface area (Å²) in [5.41, 5.74) is 1.31. The monoisotopic (exact) mass is 571 g/mol. The average molecular weight is 572 g/mol. The number of ether oxygens (including phenoxy) is 1. The molecule has 2 aromatic rings. The summed E-state index contributed by atoms with van der Waals surface area (Å²) < 4.78 is 5.62. The van der Waals surface area contributed by atoms with Crippen molar-refractivity contribution in [2.24, 2.45) is 0 Å². The highest BCUT2D eigenvalue weighted by Crippen LogP contribution is 2.29. The van der Waals surface area contributed by atoms with Crippen LogP contribution < -0.4 is 15.0 Å². The van der Waals surface area contributed by atoms with E-state index < -0.39 is 6.04 Å². The van der Waals surface area contributed by atoms with Gasteiger partial charge in [0, 0.05) is 43.4 Å². The first-order valence-electron chi connectivity index (χ1n) is 13.8. The maximum atomic E-state index is 13.6. The van der Waals surface area contributed by atoms with Crippen molar-refractivity contribution in [2.45, 2.75) is 39.2 Å². The summed E-state index contributed by atoms with van der Waals surface area (Å²) in [7, 11) is 0. The van der Waals surface area contributed by atoms with E-state index in [4.69, 9.17) is 28.6 Å². The Bertz CT molecular complexity index is 1120. The van der Waals surface area contributed by atoms with Gasteiger partial charge in [-0.3, -0.25) is 14.5 Å². The quantitative estimate of drug-likeness (QED) is 0.377. The molecule has 0 radical (unpaired) electrons. The Morgan fingerprint density at radius 1 is 1.00 bits per heavy atom. The number of nitrogens with one attached hydrogen (secondary N) is 1. The van der Waals surface area contributed by atoms with Crippen LogP contribution in [0.5, 0.6) is 5.75 Å². The third kappa shape index (κ3) is 7.69. The lowest BCUT2D eigenvalue weighted by Crippen LogP contribution is -2.47. The van der Waals surface area contributed by atoms with Crippen LogP contribution in [-0.4, -0.2) is 90.1 Å². The van der Waals surface area contributed by atoms with Gasteiger partial charge in [0.15, 0.2) is 5.11 Å². The average Bonchev–Trinajstić information content (AvgIpc) is 3.17. The smallest absolute Gasteiger partial charge is 0.256 e. The van der Waals surface area contributed by atoms with Gasteiger partial charge in [0.25, 0.3) is 5.91 Å². The molecule has 2 fully saturated rings. The van der Waals surface area contributed by atoms with Gasteiger partial charge >= 0.3 is 0 Å². The fraction of sp³-hybridized carbons (Fsp3) is 0.483. The highest BCUT2D eigenvalue weighted by molar-refractivity contribution is 7.80. The summed E-state index contributed by atoms with van der Waals surface area (Å²) in [4.78, 5) is 35.1. The summed E-state index contributed by atoms with van der Waals surface area (Å²) in [6.45, 7) is 11.7. The van der Waals surface area contributed by atoms with Crippen molar-refractivity contribution in [3.05, 3.63) is 53.6 Å². The van der Waals surface area contributed by atoms with Crippen molar-refractivity contribution < 1.29 is 14.3 Å². The number of anilines is 2. The number of halogens is 1. The van der Waals surface area contributed by atoms with Crippen molar-refractivity contribution in [1.29, 1.82) is 0 Å². The number of amides is 2. The number of carbonyl (C=O) groups excluding carboxylic acids is 2. The van der Waals surface area contributed by atoms with Gasteiger partial charge in [0.05, 0.1) is 18.7 Å². The lowest BCUT2D eigenvalue weighted by Gasteiger charge is -2.34. The SMILES string of the molecule is CCCOc1ccc(NC(=O)C[C@@H]2C(=O)N(c3ccc(Cl)cc3)C(=S)N2CCCN2CCN(CC)CC2)cc1. The summed E-state index contributed by atoms with van der Waals surface area (Å²) in [6.07, 6.45) is 1.78. The fourth-order valence-corrected chi connectivity index (χ4v) is 5.49. The number of nitrogens with zero attached hydrogens (tertiary/aromatic N) is 4. The van der Waals surface area contributed by atoms with Gasteiger partial charge in [-0.15, -0.1) is 0 Å². The maximum absolute atomic E-state index is 13.6. The zero-order valence-electron chi connectivity index (χ0n) is 22.8. The van der Waals surface area contributed by atoms with Crippen LogP contribution in [0.15, 0.2) is 48.5 Å². The standard InChI is InChI=1S/C29H38ClN5O3S/c1-3-20-38-25-12-8-23(9-13-25)31-27(36)21-26-28(37)35(24-10-6-22(30)7-11-24)29(39)34(26)15-5-14-33-18-16-32(4-2)17-19-33/h6-13,26H,3-5,14-21H2,1-2H3,(H,31,36)/t26-/m1/s1. The molecule has 2 aromatic carbocycles. The Morgan fingerprint density at radius 3 is 2.31 bits per heavy atom. The van der Waals surface area contributed by atoms with Gasteiger partial charge in [-0.1, -0.05) is 25.4 Å². The van der Waals surface area contributed by atoms with E-state index in [1.165, 1.54) is 4.90 Å². The molecule has 2 aliphatic rings. The van der Waals surface area contributed by atoms with E-state index in [0.29, 0.717) is 34.7 Å². The molecular weight excluding hydrogens is 534 g/mol. The second-order valence-electron chi connectivity index (χ2n) is 9.90. The second kappa shape index (κ2) is 14.1. The van der Waals surface area contributed by atoms with E-state index in [0.717, 1.165) is 57.9 Å². The predicted octanol–water partition coefficient (Wildman–Crippen LogP) is 4.49. The molecule has 2 heterocycles. The molecule has 2 aliphatic heterocycles. The molecule has 8 nitrogen and oxygen atoms in total. The first kappa shape index (κ1) is 29.3. The fourth-order valence-electron chi connectivity index (χ4n) is 4.95. The van der Waals surface area contributed by atoms with E-state index in [1.807, 2.05) is 17.0 Å². The number of piperazine rings is 1. The van der Waals surface area contributed by atoms with Crippen molar-refractivity contribution in [3.63, 3.8) is 0 Å². The Morgan fingerprint density at radius 2 is 1.67 bits per heavy atom. The molecular formula is C29H38ClN5O3S. The molecule has 0 bridgehead atoms. The topological polar surface area (TPSA) is 68.4 Å². The molecule has 1 N–H and O–H groups in total. The molecule has 2 amide bonds. The summed E-state index contributed by atoms with van der Waals surface area (Å²) in [5, 5.41) is 3.93. The molecule has 4 rings (SSSR count). The van der Waals surface area contributed by atoms with Crippen LogP contribution >= 0.6 is 23.8 Å². The third-order valence-electron chi connectivity index (χ3n) is 7.18. The van der Waals surface area contributed by atoms with Crippen molar-refractivity contribution in [1.82, 2.24) is 14.7 Å². The Labute approximate surface area is 241 Å². The van der Waals surface area contributed by atoms with Gasteiger partial charge in [-0.05, 0) is 86.7 Å². The van der Waals surface area contributed by atoms with E-state index >= 15 is 0 Å². The first-order valence-corrected chi connectivity index (χ1v) is 14.6. The van der Waals surface area contributed by atoms with E-state index in [2.05, 4.69) is 29.0 Å². The van der Waals surface area contributed by atoms with Gasteiger partial charge in [0.2, 0.25) is 5.91 Å². The molecule has 0 aliphatic carbocycles. The largest absolute Gasteiger partial charge is 0.494 e. The summed E-state index contributed by atoms with van der Waals surface area (Å²) >= 11 is 11.9. The highest BCUT2D eigenvalue weighted by Gasteiger charge is 2.43. The van der Waals surface area contributed by atoms with Crippen LogP contribution in [0, 0.1) is 0 Å². The molecule has 210 valence electrons. The van der Waals surface area contributed by atoms with E-state index in [9.17, 15) is 9.59 Å². The Kier molecular flexibility index (Phi) is 10.6. The van der Waals surface area contributed by atoms with Gasteiger partial charge < -0.3 is 24.8 Å². The molecule has 0 unspecified atom stereocenters. The number of carbonyl (C=O) groups is 2. The van der Waals surface area contributed by atoms with E-state index in [1.54, 1.807) is 36.4 Å². The zero-order chi connectivity index (χ0) is 27.8. The molecule has 0 aromatic heterocycles. The number of likely N-dealkylation sites (N-methyl/N-ethyl adjacent to an activating group) is 1. The number of hydrogen-bond acceptors (Lipinski definition) is 6. The molecule has 10 heteroatoms. The molecule has 39 heavy (non-hydrogen) atoms. The molecule has 2 saturated heterocycles. The predicted molar refractivity (Wildman–Crippen MR) is 161 cm³/mol. The van der Waals surface area contributed by atoms with E-state index in [-0.39, 0.29) is 18.2 Å². The van der Waals surface area contributed by atoms with Crippen molar-refractivity contribution >= 4 is 52.1 Å². The normalized spacial score (nSPS) is 18.6. The summed E-state index contributed by atoms with van der Waals surface area (Å²) in [5.74, 6) is 0.321. The second-order valence-corrected chi connectivity index (χ2v) is 10.7. The van der Waals surface area contributed by atoms with Gasteiger partial charge in [-0.2, -0.15) is 0 Å². The van der Waals surface area contributed by atoms with Crippen LogP contribution in [0.3, 0.4) is 0 Å². The maximum Gasteiger partial charge on any atom is 0.256 e. The van der Waals surface area contributed by atoms with Crippen LogP contribution in [0.2, 0.25) is 5.02 Å². The van der Waals surface area contributed by atoms with Crippen LogP contribution in [0.25, 0.3) is 0 Å². The van der Waals surface area contributed by atoms with Crippen LogP contribution in [0.4, 0.5) is 11.4 Å². The Balaban J connectivity index is 1.42. The Hall–Kier alpha value is -2.72. The number of thiocarbonyl (C=S) groups is 1.